The lowest BCUT2D eigenvalue weighted by atomic mass is 9.76. The number of hydrogen-bond acceptors (Lipinski definition) is 4. The summed E-state index contributed by atoms with van der Waals surface area (Å²) in [7, 11) is 0. The van der Waals surface area contributed by atoms with Gasteiger partial charge in [-0.05, 0) is 59.5 Å². The van der Waals surface area contributed by atoms with Crippen molar-refractivity contribution in [3.05, 3.63) is 32.1 Å². The Morgan fingerprint density at radius 1 is 1.48 bits per heavy atom. The van der Waals surface area contributed by atoms with Crippen LogP contribution in [0.4, 0.5) is 0 Å². The van der Waals surface area contributed by atoms with E-state index in [1.54, 1.807) is 0 Å². The zero-order valence-corrected chi connectivity index (χ0v) is 15.5. The molecule has 0 bridgehead atoms. The Hall–Kier alpha value is -0.470. The number of halogens is 2. The average molecular weight is 462 g/mol. The lowest BCUT2D eigenvalue weighted by Crippen LogP contribution is -2.42. The Morgan fingerprint density at radius 3 is 3.05 bits per heavy atom. The van der Waals surface area contributed by atoms with Crippen molar-refractivity contribution in [3.8, 4) is 11.5 Å². The van der Waals surface area contributed by atoms with Crippen LogP contribution in [-0.4, -0.2) is 10.1 Å². The number of hydrogen-bond donors (Lipinski definition) is 1. The summed E-state index contributed by atoms with van der Waals surface area (Å²) >= 11 is 5.75. The lowest BCUT2D eigenvalue weighted by molar-refractivity contribution is 0.222. The van der Waals surface area contributed by atoms with Crippen LogP contribution in [0.3, 0.4) is 0 Å². The van der Waals surface area contributed by atoms with Crippen molar-refractivity contribution in [3.63, 3.8) is 0 Å². The fraction of sp³-hybridized carbons (Fsp3) is 0.467. The standard InChI is InChI=1S/C15H17BrIN3O/c1-9-3-2-6-15(18,8-9)14-19-13(21-20-14)11-7-10(16)4-5-12(11)17/h4-5,7,9H,2-3,6,8,18H2,1H3. The summed E-state index contributed by atoms with van der Waals surface area (Å²) in [5.74, 6) is 1.79. The molecule has 112 valence electrons. The van der Waals surface area contributed by atoms with Gasteiger partial charge in [0.15, 0.2) is 5.82 Å². The van der Waals surface area contributed by atoms with Crippen molar-refractivity contribution in [2.75, 3.05) is 0 Å². The molecule has 1 heterocycles. The molecule has 1 aromatic carbocycles. The first-order valence-electron chi connectivity index (χ1n) is 7.06. The smallest absolute Gasteiger partial charge is 0.259 e. The molecule has 1 fully saturated rings. The quantitative estimate of drug-likeness (QED) is 0.670. The molecule has 3 rings (SSSR count). The molecule has 0 saturated heterocycles. The molecule has 1 aliphatic rings. The van der Waals surface area contributed by atoms with Crippen LogP contribution in [0.2, 0.25) is 0 Å². The van der Waals surface area contributed by atoms with Gasteiger partial charge in [0, 0.05) is 8.04 Å². The molecule has 4 nitrogen and oxygen atoms in total. The minimum atomic E-state index is -0.448. The lowest BCUT2D eigenvalue weighted by Gasteiger charge is -2.33. The third kappa shape index (κ3) is 3.17. The van der Waals surface area contributed by atoms with Crippen LogP contribution in [-0.2, 0) is 5.54 Å². The van der Waals surface area contributed by atoms with Crippen molar-refractivity contribution in [1.82, 2.24) is 10.1 Å². The number of nitrogens with zero attached hydrogens (tertiary/aromatic N) is 2. The van der Waals surface area contributed by atoms with E-state index in [0.29, 0.717) is 17.6 Å². The zero-order valence-electron chi connectivity index (χ0n) is 11.8. The van der Waals surface area contributed by atoms with Crippen molar-refractivity contribution in [1.29, 1.82) is 0 Å². The molecule has 2 unspecified atom stereocenters. The highest BCUT2D eigenvalue weighted by Crippen LogP contribution is 2.37. The second-order valence-corrected chi connectivity index (χ2v) is 7.98. The van der Waals surface area contributed by atoms with Crippen LogP contribution < -0.4 is 5.73 Å². The first kappa shape index (κ1) is 15.4. The van der Waals surface area contributed by atoms with E-state index < -0.39 is 5.54 Å². The van der Waals surface area contributed by atoms with Crippen LogP contribution in [0.5, 0.6) is 0 Å². The van der Waals surface area contributed by atoms with Gasteiger partial charge < -0.3 is 10.3 Å². The van der Waals surface area contributed by atoms with E-state index in [4.69, 9.17) is 10.3 Å². The summed E-state index contributed by atoms with van der Waals surface area (Å²) in [6.45, 7) is 2.24. The summed E-state index contributed by atoms with van der Waals surface area (Å²) in [6, 6.07) is 6.01. The predicted molar refractivity (Wildman–Crippen MR) is 93.6 cm³/mol. The van der Waals surface area contributed by atoms with E-state index in [1.807, 2.05) is 18.2 Å². The van der Waals surface area contributed by atoms with Crippen LogP contribution in [0.15, 0.2) is 27.2 Å². The molecule has 0 spiro atoms. The summed E-state index contributed by atoms with van der Waals surface area (Å²) in [5, 5.41) is 4.16. The largest absolute Gasteiger partial charge is 0.334 e. The Morgan fingerprint density at radius 2 is 2.29 bits per heavy atom. The van der Waals surface area contributed by atoms with Crippen molar-refractivity contribution in [2.24, 2.45) is 11.7 Å². The summed E-state index contributed by atoms with van der Waals surface area (Å²) in [4.78, 5) is 4.58. The third-order valence-electron chi connectivity index (χ3n) is 4.06. The second kappa shape index (κ2) is 5.96. The maximum Gasteiger partial charge on any atom is 0.259 e. The molecular formula is C15H17BrIN3O. The topological polar surface area (TPSA) is 64.9 Å². The number of benzene rings is 1. The first-order valence-corrected chi connectivity index (χ1v) is 8.93. The third-order valence-corrected chi connectivity index (χ3v) is 5.50. The Bertz CT molecular complexity index is 660. The molecule has 2 aromatic rings. The van der Waals surface area contributed by atoms with E-state index in [-0.39, 0.29) is 0 Å². The molecule has 21 heavy (non-hydrogen) atoms. The van der Waals surface area contributed by atoms with Crippen LogP contribution in [0, 0.1) is 9.49 Å². The molecule has 1 saturated carbocycles. The molecule has 0 radical (unpaired) electrons. The zero-order chi connectivity index (χ0) is 15.0. The molecule has 2 atom stereocenters. The van der Waals surface area contributed by atoms with E-state index in [9.17, 15) is 0 Å². The first-order chi connectivity index (χ1) is 9.98. The van der Waals surface area contributed by atoms with Gasteiger partial charge in [0.25, 0.3) is 5.89 Å². The highest BCUT2D eigenvalue weighted by Gasteiger charge is 2.37. The van der Waals surface area contributed by atoms with E-state index >= 15 is 0 Å². The highest BCUT2D eigenvalue weighted by atomic mass is 127. The van der Waals surface area contributed by atoms with E-state index in [0.717, 1.165) is 32.9 Å². The highest BCUT2D eigenvalue weighted by molar-refractivity contribution is 14.1. The average Bonchev–Trinajstić information content (AvgIpc) is 2.91. The number of aromatic nitrogens is 2. The SMILES string of the molecule is CC1CCCC(N)(c2noc(-c3cc(Br)ccc3I)n2)C1. The van der Waals surface area contributed by atoms with Crippen LogP contribution in [0.1, 0.15) is 38.4 Å². The summed E-state index contributed by atoms with van der Waals surface area (Å²) in [5.41, 5.74) is 7.03. The second-order valence-electron chi connectivity index (χ2n) is 5.90. The molecule has 0 amide bonds. The fourth-order valence-electron chi connectivity index (χ4n) is 2.99. The number of nitrogens with two attached hydrogens (primary N) is 1. The van der Waals surface area contributed by atoms with Crippen LogP contribution >= 0.6 is 38.5 Å². The predicted octanol–water partition coefficient (Wildman–Crippen LogP) is 4.47. The molecule has 1 aromatic heterocycles. The summed E-state index contributed by atoms with van der Waals surface area (Å²) in [6.07, 6.45) is 4.19. The van der Waals surface area contributed by atoms with Gasteiger partial charge in [-0.25, -0.2) is 0 Å². The monoisotopic (exact) mass is 461 g/mol. The molecule has 0 aliphatic heterocycles. The minimum absolute atomic E-state index is 0.448. The number of rotatable bonds is 2. The molecule has 6 heteroatoms. The Balaban J connectivity index is 1.94. The van der Waals surface area contributed by atoms with Crippen molar-refractivity contribution < 1.29 is 4.52 Å². The van der Waals surface area contributed by atoms with E-state index in [2.05, 4.69) is 55.6 Å². The Kier molecular flexibility index (Phi) is 4.38. The minimum Gasteiger partial charge on any atom is -0.334 e. The van der Waals surface area contributed by atoms with Gasteiger partial charge in [0.1, 0.15) is 0 Å². The van der Waals surface area contributed by atoms with Gasteiger partial charge >= 0.3 is 0 Å². The normalized spacial score (nSPS) is 26.0. The maximum atomic E-state index is 6.53. The van der Waals surface area contributed by atoms with Gasteiger partial charge in [-0.1, -0.05) is 40.9 Å². The maximum absolute atomic E-state index is 6.53. The van der Waals surface area contributed by atoms with Gasteiger partial charge in [-0.3, -0.25) is 0 Å². The summed E-state index contributed by atoms with van der Waals surface area (Å²) < 4.78 is 7.54. The van der Waals surface area contributed by atoms with Gasteiger partial charge in [-0.2, -0.15) is 4.98 Å². The molecular weight excluding hydrogens is 445 g/mol. The van der Waals surface area contributed by atoms with Crippen molar-refractivity contribution in [2.45, 2.75) is 38.1 Å². The van der Waals surface area contributed by atoms with Gasteiger partial charge in [-0.15, -0.1) is 0 Å². The van der Waals surface area contributed by atoms with Crippen molar-refractivity contribution >= 4 is 38.5 Å². The molecule has 1 aliphatic carbocycles. The fourth-order valence-corrected chi connectivity index (χ4v) is 3.92. The molecule has 2 N–H and O–H groups in total. The Labute approximate surface area is 146 Å². The van der Waals surface area contributed by atoms with Crippen LogP contribution in [0.25, 0.3) is 11.5 Å². The van der Waals surface area contributed by atoms with E-state index in [1.165, 1.54) is 6.42 Å². The van der Waals surface area contributed by atoms with Gasteiger partial charge in [0.2, 0.25) is 0 Å². The van der Waals surface area contributed by atoms with Gasteiger partial charge in [0.05, 0.1) is 11.1 Å².